The number of hydrogen-bond donors (Lipinski definition) is 2. The first kappa shape index (κ1) is 11.8. The van der Waals surface area contributed by atoms with Crippen molar-refractivity contribution in [2.75, 3.05) is 11.9 Å². The molecule has 0 unspecified atom stereocenters. The van der Waals surface area contributed by atoms with Crippen LogP contribution in [0, 0.1) is 18.3 Å². The molecule has 0 saturated heterocycles. The second-order valence-electron chi connectivity index (χ2n) is 4.65. The SMILES string of the molecule is Cc1cc(C#N)nc(NC2(CN)CCCC2)n1. The van der Waals surface area contributed by atoms with Crippen LogP contribution in [-0.2, 0) is 0 Å². The summed E-state index contributed by atoms with van der Waals surface area (Å²) in [7, 11) is 0. The fraction of sp³-hybridized carbons (Fsp3) is 0.583. The maximum absolute atomic E-state index is 8.88. The van der Waals surface area contributed by atoms with Crippen molar-refractivity contribution < 1.29 is 0 Å². The fourth-order valence-corrected chi connectivity index (χ4v) is 2.35. The van der Waals surface area contributed by atoms with Gasteiger partial charge in [0.2, 0.25) is 5.95 Å². The lowest BCUT2D eigenvalue weighted by Gasteiger charge is -2.28. The molecule has 17 heavy (non-hydrogen) atoms. The van der Waals surface area contributed by atoms with E-state index in [-0.39, 0.29) is 5.54 Å². The van der Waals surface area contributed by atoms with Crippen molar-refractivity contribution in [1.82, 2.24) is 9.97 Å². The van der Waals surface area contributed by atoms with Gasteiger partial charge in [0.05, 0.1) is 5.54 Å². The number of anilines is 1. The largest absolute Gasteiger partial charge is 0.347 e. The number of nitrogens with zero attached hydrogens (tertiary/aromatic N) is 3. The van der Waals surface area contributed by atoms with E-state index in [0.29, 0.717) is 18.2 Å². The summed E-state index contributed by atoms with van der Waals surface area (Å²) in [6.07, 6.45) is 4.45. The molecule has 0 aromatic carbocycles. The van der Waals surface area contributed by atoms with Crippen molar-refractivity contribution in [1.29, 1.82) is 5.26 Å². The van der Waals surface area contributed by atoms with Gasteiger partial charge in [0.15, 0.2) is 0 Å². The number of aryl methyl sites for hydroxylation is 1. The minimum absolute atomic E-state index is 0.0828. The van der Waals surface area contributed by atoms with E-state index >= 15 is 0 Å². The average molecular weight is 231 g/mol. The summed E-state index contributed by atoms with van der Waals surface area (Å²) in [5.41, 5.74) is 6.95. The predicted molar refractivity (Wildman–Crippen MR) is 65.4 cm³/mol. The lowest BCUT2D eigenvalue weighted by Crippen LogP contribution is -2.43. The molecule has 1 saturated carbocycles. The summed E-state index contributed by atoms with van der Waals surface area (Å²) >= 11 is 0. The quantitative estimate of drug-likeness (QED) is 0.819. The highest BCUT2D eigenvalue weighted by atomic mass is 15.2. The summed E-state index contributed by atoms with van der Waals surface area (Å²) in [5.74, 6) is 0.522. The van der Waals surface area contributed by atoms with Crippen molar-refractivity contribution in [2.24, 2.45) is 5.73 Å². The number of aromatic nitrogens is 2. The minimum Gasteiger partial charge on any atom is -0.347 e. The topological polar surface area (TPSA) is 87.6 Å². The Morgan fingerprint density at radius 2 is 2.18 bits per heavy atom. The van der Waals surface area contributed by atoms with E-state index in [4.69, 9.17) is 11.0 Å². The lowest BCUT2D eigenvalue weighted by atomic mass is 9.98. The molecular formula is C12H17N5. The molecule has 1 aromatic heterocycles. The van der Waals surface area contributed by atoms with E-state index in [1.807, 2.05) is 13.0 Å². The van der Waals surface area contributed by atoms with Gasteiger partial charge in [0.1, 0.15) is 11.8 Å². The first-order valence-corrected chi connectivity index (χ1v) is 5.91. The minimum atomic E-state index is -0.0828. The van der Waals surface area contributed by atoms with Crippen LogP contribution in [0.2, 0.25) is 0 Å². The van der Waals surface area contributed by atoms with Crippen LogP contribution < -0.4 is 11.1 Å². The second-order valence-corrected chi connectivity index (χ2v) is 4.65. The summed E-state index contributed by atoms with van der Waals surface area (Å²) < 4.78 is 0. The van der Waals surface area contributed by atoms with Crippen molar-refractivity contribution in [3.05, 3.63) is 17.5 Å². The van der Waals surface area contributed by atoms with Gasteiger partial charge in [-0.2, -0.15) is 5.26 Å². The Bertz CT molecular complexity index is 443. The average Bonchev–Trinajstić information content (AvgIpc) is 2.77. The third-order valence-electron chi connectivity index (χ3n) is 3.30. The Hall–Kier alpha value is -1.67. The van der Waals surface area contributed by atoms with Crippen LogP contribution in [0.4, 0.5) is 5.95 Å². The molecule has 5 heteroatoms. The standard InChI is InChI=1S/C12H17N5/c1-9-6-10(7-13)16-11(15-9)17-12(8-14)4-2-3-5-12/h6H,2-5,8,14H2,1H3,(H,15,16,17). The van der Waals surface area contributed by atoms with E-state index in [0.717, 1.165) is 18.5 Å². The first-order valence-electron chi connectivity index (χ1n) is 5.91. The van der Waals surface area contributed by atoms with Gasteiger partial charge in [-0.3, -0.25) is 0 Å². The second kappa shape index (κ2) is 4.68. The number of nitriles is 1. The smallest absolute Gasteiger partial charge is 0.224 e. The Morgan fingerprint density at radius 3 is 2.76 bits per heavy atom. The van der Waals surface area contributed by atoms with Gasteiger partial charge in [0, 0.05) is 12.2 Å². The van der Waals surface area contributed by atoms with E-state index in [1.165, 1.54) is 12.8 Å². The molecule has 0 amide bonds. The molecule has 1 aliphatic rings. The molecule has 3 N–H and O–H groups in total. The van der Waals surface area contributed by atoms with E-state index in [1.54, 1.807) is 6.07 Å². The molecule has 1 heterocycles. The Morgan fingerprint density at radius 1 is 1.47 bits per heavy atom. The van der Waals surface area contributed by atoms with E-state index in [2.05, 4.69) is 15.3 Å². The van der Waals surface area contributed by atoms with Crippen molar-refractivity contribution >= 4 is 5.95 Å². The van der Waals surface area contributed by atoms with Crippen LogP contribution in [0.5, 0.6) is 0 Å². The Labute approximate surface area is 101 Å². The van der Waals surface area contributed by atoms with Gasteiger partial charge in [-0.05, 0) is 25.8 Å². The van der Waals surface area contributed by atoms with Crippen LogP contribution in [0.3, 0.4) is 0 Å². The van der Waals surface area contributed by atoms with E-state index in [9.17, 15) is 0 Å². The predicted octanol–water partition coefficient (Wildman–Crippen LogP) is 1.34. The van der Waals surface area contributed by atoms with Crippen LogP contribution in [0.1, 0.15) is 37.1 Å². The molecule has 0 spiro atoms. The van der Waals surface area contributed by atoms with Gasteiger partial charge < -0.3 is 11.1 Å². The highest BCUT2D eigenvalue weighted by Crippen LogP contribution is 2.31. The van der Waals surface area contributed by atoms with Crippen molar-refractivity contribution in [3.8, 4) is 6.07 Å². The third kappa shape index (κ3) is 2.53. The van der Waals surface area contributed by atoms with Crippen molar-refractivity contribution in [3.63, 3.8) is 0 Å². The molecule has 5 nitrogen and oxygen atoms in total. The zero-order chi connectivity index (χ0) is 12.3. The molecule has 0 aliphatic heterocycles. The van der Waals surface area contributed by atoms with Gasteiger partial charge in [-0.1, -0.05) is 12.8 Å². The molecule has 1 fully saturated rings. The van der Waals surface area contributed by atoms with Crippen LogP contribution in [-0.4, -0.2) is 22.1 Å². The molecule has 0 radical (unpaired) electrons. The van der Waals surface area contributed by atoms with Crippen molar-refractivity contribution in [2.45, 2.75) is 38.1 Å². The highest BCUT2D eigenvalue weighted by Gasteiger charge is 2.33. The van der Waals surface area contributed by atoms with Gasteiger partial charge in [-0.15, -0.1) is 0 Å². The molecule has 0 bridgehead atoms. The summed E-state index contributed by atoms with van der Waals surface area (Å²) in [6.45, 7) is 2.43. The maximum Gasteiger partial charge on any atom is 0.224 e. The summed E-state index contributed by atoms with van der Waals surface area (Å²) in [5, 5.41) is 12.2. The van der Waals surface area contributed by atoms with Crippen LogP contribution in [0.15, 0.2) is 6.07 Å². The zero-order valence-corrected chi connectivity index (χ0v) is 10.0. The normalized spacial score (nSPS) is 17.7. The molecule has 1 aromatic rings. The lowest BCUT2D eigenvalue weighted by molar-refractivity contribution is 0.488. The Balaban J connectivity index is 2.23. The Kier molecular flexibility index (Phi) is 3.25. The monoisotopic (exact) mass is 231 g/mol. The van der Waals surface area contributed by atoms with Gasteiger partial charge >= 0.3 is 0 Å². The number of rotatable bonds is 3. The van der Waals surface area contributed by atoms with Gasteiger partial charge in [-0.25, -0.2) is 9.97 Å². The third-order valence-corrected chi connectivity index (χ3v) is 3.30. The van der Waals surface area contributed by atoms with Crippen LogP contribution >= 0.6 is 0 Å². The number of nitrogens with two attached hydrogens (primary N) is 1. The first-order chi connectivity index (χ1) is 8.17. The number of hydrogen-bond acceptors (Lipinski definition) is 5. The zero-order valence-electron chi connectivity index (χ0n) is 10.0. The van der Waals surface area contributed by atoms with E-state index < -0.39 is 0 Å². The maximum atomic E-state index is 8.88. The highest BCUT2D eigenvalue weighted by molar-refractivity contribution is 5.36. The van der Waals surface area contributed by atoms with Crippen LogP contribution in [0.25, 0.3) is 0 Å². The fourth-order valence-electron chi connectivity index (χ4n) is 2.35. The number of nitrogens with one attached hydrogen (secondary N) is 1. The summed E-state index contributed by atoms with van der Waals surface area (Å²) in [4.78, 5) is 8.48. The molecular weight excluding hydrogens is 214 g/mol. The molecule has 0 atom stereocenters. The molecule has 90 valence electrons. The molecule has 2 rings (SSSR count). The molecule has 1 aliphatic carbocycles. The summed E-state index contributed by atoms with van der Waals surface area (Å²) in [6, 6.07) is 3.72. The van der Waals surface area contributed by atoms with Gasteiger partial charge in [0.25, 0.3) is 0 Å².